The summed E-state index contributed by atoms with van der Waals surface area (Å²) in [5.41, 5.74) is 0. The number of aliphatic hydroxyl groups excluding tert-OH is 1. The van der Waals surface area contributed by atoms with E-state index in [1.807, 2.05) is 54.6 Å². The topological polar surface area (TPSA) is 55.8 Å². The molecule has 0 bridgehead atoms. The number of aliphatic hydroxyl groups is 1. The number of cyclic esters (lactones) is 1. The summed E-state index contributed by atoms with van der Waals surface area (Å²) < 4.78 is 12.4. The lowest BCUT2D eigenvalue weighted by atomic mass is 9.96. The van der Waals surface area contributed by atoms with E-state index in [0.717, 1.165) is 15.6 Å². The molecule has 30 heavy (non-hydrogen) atoms. The molecule has 0 amide bonds. The van der Waals surface area contributed by atoms with Crippen LogP contribution in [0.4, 0.5) is 0 Å². The molecule has 0 aliphatic carbocycles. The monoisotopic (exact) mass is 418 g/mol. The summed E-state index contributed by atoms with van der Waals surface area (Å²) in [6.07, 6.45) is -0.789. The number of carbonyl (C=O) groups excluding carboxylic acids is 1. The van der Waals surface area contributed by atoms with Crippen molar-refractivity contribution in [3.05, 3.63) is 91.0 Å². The smallest absolute Gasteiger partial charge is 0.311 e. The van der Waals surface area contributed by atoms with Gasteiger partial charge in [-0.2, -0.15) is 0 Å². The van der Waals surface area contributed by atoms with E-state index >= 15 is 0 Å². The van der Waals surface area contributed by atoms with Gasteiger partial charge in [0, 0.05) is 6.42 Å². The zero-order chi connectivity index (χ0) is 21.0. The third-order valence-corrected chi connectivity index (χ3v) is 9.80. The van der Waals surface area contributed by atoms with Crippen LogP contribution in [0.1, 0.15) is 13.3 Å². The Hall–Kier alpha value is -2.73. The predicted octanol–water partition coefficient (Wildman–Crippen LogP) is 1.98. The first-order valence-corrected chi connectivity index (χ1v) is 12.2. The number of hydrogen-bond acceptors (Lipinski definition) is 4. The van der Waals surface area contributed by atoms with Gasteiger partial charge in [-0.15, -0.1) is 0 Å². The summed E-state index contributed by atoms with van der Waals surface area (Å²) in [7, 11) is -2.84. The van der Waals surface area contributed by atoms with Gasteiger partial charge < -0.3 is 14.3 Å². The molecule has 1 aliphatic rings. The van der Waals surface area contributed by atoms with Crippen molar-refractivity contribution in [3.8, 4) is 0 Å². The molecule has 1 N–H and O–H groups in total. The maximum atomic E-state index is 12.1. The molecule has 3 atom stereocenters. The number of esters is 1. The van der Waals surface area contributed by atoms with Crippen molar-refractivity contribution < 1.29 is 19.1 Å². The van der Waals surface area contributed by atoms with E-state index in [1.54, 1.807) is 6.92 Å². The second kappa shape index (κ2) is 8.96. The lowest BCUT2D eigenvalue weighted by molar-refractivity contribution is -0.170. The Bertz CT molecular complexity index is 866. The molecular formula is C25H26O4Si. The van der Waals surface area contributed by atoms with Gasteiger partial charge in [-0.05, 0) is 22.5 Å². The molecule has 5 heteroatoms. The minimum absolute atomic E-state index is 0.237. The number of carbonyl (C=O) groups is 1. The first-order chi connectivity index (χ1) is 14.6. The van der Waals surface area contributed by atoms with E-state index in [-0.39, 0.29) is 12.6 Å². The molecular weight excluding hydrogens is 392 g/mol. The van der Waals surface area contributed by atoms with Crippen molar-refractivity contribution in [1.29, 1.82) is 0 Å². The Morgan fingerprint density at radius 2 is 1.30 bits per heavy atom. The molecule has 3 unspecified atom stereocenters. The highest BCUT2D eigenvalue weighted by molar-refractivity contribution is 7.07. The molecule has 0 spiro atoms. The van der Waals surface area contributed by atoms with E-state index < -0.39 is 26.4 Å². The van der Waals surface area contributed by atoms with Gasteiger partial charge >= 0.3 is 5.97 Å². The average Bonchev–Trinajstić information content (AvgIpc) is 2.80. The summed E-state index contributed by atoms with van der Waals surface area (Å²) in [5.74, 6) is -0.866. The van der Waals surface area contributed by atoms with Crippen LogP contribution in [0, 0.1) is 5.92 Å². The molecule has 1 saturated heterocycles. The van der Waals surface area contributed by atoms with E-state index in [4.69, 9.17) is 9.16 Å². The number of ether oxygens (including phenoxy) is 1. The molecule has 154 valence electrons. The number of hydrogen-bond donors (Lipinski definition) is 1. The van der Waals surface area contributed by atoms with Crippen LogP contribution >= 0.6 is 0 Å². The second-order valence-corrected chi connectivity index (χ2v) is 11.1. The molecule has 1 heterocycles. The zero-order valence-corrected chi connectivity index (χ0v) is 18.0. The number of benzene rings is 3. The van der Waals surface area contributed by atoms with Crippen molar-refractivity contribution in [2.45, 2.75) is 25.6 Å². The van der Waals surface area contributed by atoms with Crippen molar-refractivity contribution in [2.75, 3.05) is 6.61 Å². The molecule has 3 aromatic rings. The molecule has 4 nitrogen and oxygen atoms in total. The van der Waals surface area contributed by atoms with Crippen LogP contribution in [-0.4, -0.2) is 38.2 Å². The summed E-state index contributed by atoms with van der Waals surface area (Å²) in [5, 5.41) is 13.6. The summed E-state index contributed by atoms with van der Waals surface area (Å²) >= 11 is 0. The number of rotatable bonds is 6. The maximum Gasteiger partial charge on any atom is 0.311 e. The third kappa shape index (κ3) is 3.96. The van der Waals surface area contributed by atoms with Gasteiger partial charge in [-0.1, -0.05) is 91.0 Å². The molecule has 3 aromatic carbocycles. The Kier molecular flexibility index (Phi) is 6.13. The molecule has 0 saturated carbocycles. The normalized spacial score (nSPS) is 21.8. The first kappa shape index (κ1) is 20.5. The fraction of sp³-hybridized carbons (Fsp3) is 0.240. The van der Waals surface area contributed by atoms with Crippen LogP contribution in [-0.2, 0) is 14.0 Å². The molecule has 0 radical (unpaired) electrons. The molecule has 1 aliphatic heterocycles. The van der Waals surface area contributed by atoms with Crippen molar-refractivity contribution in [3.63, 3.8) is 0 Å². The van der Waals surface area contributed by atoms with Gasteiger partial charge in [0.15, 0.2) is 0 Å². The summed E-state index contributed by atoms with van der Waals surface area (Å²) in [6, 6.07) is 30.8. The van der Waals surface area contributed by atoms with Crippen LogP contribution in [0.3, 0.4) is 0 Å². The van der Waals surface area contributed by atoms with Crippen LogP contribution in [0.2, 0.25) is 0 Å². The Labute approximate surface area is 178 Å². The van der Waals surface area contributed by atoms with E-state index in [9.17, 15) is 9.90 Å². The van der Waals surface area contributed by atoms with Crippen LogP contribution in [0.25, 0.3) is 0 Å². The van der Waals surface area contributed by atoms with Crippen molar-refractivity contribution in [2.24, 2.45) is 5.92 Å². The Morgan fingerprint density at radius 1 is 0.867 bits per heavy atom. The summed E-state index contributed by atoms with van der Waals surface area (Å²) in [4.78, 5) is 12.1. The van der Waals surface area contributed by atoms with Crippen molar-refractivity contribution >= 4 is 29.8 Å². The zero-order valence-electron chi connectivity index (χ0n) is 17.0. The standard InChI is InChI=1S/C25H26O4Si/c1-19-24(26)17-20(29-25(19)27)18-28-30(21-11-5-2-6-12-21,22-13-7-3-8-14-22)23-15-9-4-10-16-23/h2-16,19-20,24,26H,17-18H2,1H3. The van der Waals surface area contributed by atoms with Gasteiger partial charge in [0.25, 0.3) is 8.32 Å². The van der Waals surface area contributed by atoms with Gasteiger partial charge in [0.2, 0.25) is 0 Å². The van der Waals surface area contributed by atoms with Gasteiger partial charge in [0.05, 0.1) is 18.6 Å². The Balaban J connectivity index is 1.76. The van der Waals surface area contributed by atoms with Crippen molar-refractivity contribution in [1.82, 2.24) is 0 Å². The third-order valence-electron chi connectivity index (χ3n) is 5.76. The molecule has 0 aromatic heterocycles. The highest BCUT2D eigenvalue weighted by Gasteiger charge is 2.43. The van der Waals surface area contributed by atoms with Gasteiger partial charge in [0.1, 0.15) is 6.10 Å². The lowest BCUT2D eigenvalue weighted by Crippen LogP contribution is -2.70. The van der Waals surface area contributed by atoms with Crippen LogP contribution in [0.15, 0.2) is 91.0 Å². The fourth-order valence-corrected chi connectivity index (χ4v) is 7.96. The molecule has 1 fully saturated rings. The van der Waals surface area contributed by atoms with Gasteiger partial charge in [-0.3, -0.25) is 4.79 Å². The molecule has 4 rings (SSSR count). The predicted molar refractivity (Wildman–Crippen MR) is 120 cm³/mol. The summed E-state index contributed by atoms with van der Waals surface area (Å²) in [6.45, 7) is 1.93. The SMILES string of the molecule is CC1C(=O)OC(CO[Si](c2ccccc2)(c2ccccc2)c2ccccc2)CC1O. The average molecular weight is 419 g/mol. The highest BCUT2D eigenvalue weighted by atomic mass is 28.4. The minimum atomic E-state index is -2.84. The van der Waals surface area contributed by atoms with E-state index in [2.05, 4.69) is 36.4 Å². The quantitative estimate of drug-likeness (QED) is 0.378. The largest absolute Gasteiger partial charge is 0.460 e. The second-order valence-electron chi connectivity index (χ2n) is 7.74. The van der Waals surface area contributed by atoms with Crippen LogP contribution in [0.5, 0.6) is 0 Å². The van der Waals surface area contributed by atoms with E-state index in [1.165, 1.54) is 0 Å². The highest BCUT2D eigenvalue weighted by Crippen LogP contribution is 2.22. The maximum absolute atomic E-state index is 12.1. The van der Waals surface area contributed by atoms with Gasteiger partial charge in [-0.25, -0.2) is 0 Å². The van der Waals surface area contributed by atoms with Crippen LogP contribution < -0.4 is 15.6 Å². The fourth-order valence-electron chi connectivity index (χ4n) is 4.04. The first-order valence-electron chi connectivity index (χ1n) is 10.3. The minimum Gasteiger partial charge on any atom is -0.460 e. The lowest BCUT2D eigenvalue weighted by Gasteiger charge is -2.36. The van der Waals surface area contributed by atoms with E-state index in [0.29, 0.717) is 6.42 Å². The Morgan fingerprint density at radius 3 is 1.70 bits per heavy atom.